The van der Waals surface area contributed by atoms with Gasteiger partial charge in [-0.3, -0.25) is 5.32 Å². The molecule has 86 valence electrons. The van der Waals surface area contributed by atoms with Crippen LogP contribution in [0.25, 0.3) is 0 Å². The fourth-order valence-electron chi connectivity index (χ4n) is 2.11. The van der Waals surface area contributed by atoms with Gasteiger partial charge in [-0.25, -0.2) is 0 Å². The van der Waals surface area contributed by atoms with Crippen LogP contribution >= 0.6 is 12.6 Å². The summed E-state index contributed by atoms with van der Waals surface area (Å²) < 4.78 is 0. The van der Waals surface area contributed by atoms with Crippen LogP contribution < -0.4 is 5.32 Å². The Kier molecular flexibility index (Phi) is 3.26. The first-order valence-corrected chi connectivity index (χ1v) is 5.94. The summed E-state index contributed by atoms with van der Waals surface area (Å²) in [6.45, 7) is 7.01. The van der Waals surface area contributed by atoms with Gasteiger partial charge >= 0.3 is 0 Å². The number of aryl methyl sites for hydroxylation is 1. The summed E-state index contributed by atoms with van der Waals surface area (Å²) in [6.07, 6.45) is 1.35. The van der Waals surface area contributed by atoms with Crippen molar-refractivity contribution in [3.63, 3.8) is 0 Å². The van der Waals surface area contributed by atoms with Gasteiger partial charge in [0.05, 0.1) is 6.17 Å². The summed E-state index contributed by atoms with van der Waals surface area (Å²) >= 11 is 4.41. The summed E-state index contributed by atoms with van der Waals surface area (Å²) in [5.41, 5.74) is 3.75. The highest BCUT2D eigenvalue weighted by Crippen LogP contribution is 2.18. The van der Waals surface area contributed by atoms with E-state index in [1.165, 1.54) is 11.1 Å². The van der Waals surface area contributed by atoms with Crippen molar-refractivity contribution >= 4 is 12.6 Å². The van der Waals surface area contributed by atoms with Gasteiger partial charge in [0.2, 0.25) is 0 Å². The van der Waals surface area contributed by atoms with Gasteiger partial charge in [0.15, 0.2) is 0 Å². The molecule has 16 heavy (non-hydrogen) atoms. The predicted octanol–water partition coefficient (Wildman–Crippen LogP) is 2.20. The van der Waals surface area contributed by atoms with Crippen LogP contribution in [-0.4, -0.2) is 24.7 Å². The van der Waals surface area contributed by atoms with E-state index in [1.54, 1.807) is 0 Å². The average Bonchev–Trinajstić information content (AvgIpc) is 2.48. The minimum atomic E-state index is 0.363. The largest absolute Gasteiger partial charge is 0.361 e. The highest BCUT2D eigenvalue weighted by atomic mass is 32.1. The van der Waals surface area contributed by atoms with Gasteiger partial charge in [-0.1, -0.05) is 12.6 Å². The molecule has 1 atom stereocenters. The third kappa shape index (κ3) is 2.42. The maximum atomic E-state index is 4.41. The van der Waals surface area contributed by atoms with Crippen molar-refractivity contribution in [3.8, 4) is 0 Å². The SMILES string of the molecule is C=C1CN[C@H](Cc2cc(C)cc(S)c2)N1C. The quantitative estimate of drug-likeness (QED) is 0.763. The van der Waals surface area contributed by atoms with Crippen molar-refractivity contribution in [1.82, 2.24) is 10.2 Å². The van der Waals surface area contributed by atoms with Crippen LogP contribution in [0.15, 0.2) is 35.4 Å². The standard InChI is InChI=1S/C13H18N2S/c1-9-4-11(6-12(16)5-9)7-13-14-8-10(2)15(13)3/h4-6,13-14,16H,2,7-8H2,1,3H3/t13-/m0/s1. The Morgan fingerprint density at radius 3 is 2.81 bits per heavy atom. The molecule has 0 aliphatic carbocycles. The third-order valence-electron chi connectivity index (χ3n) is 3.06. The lowest BCUT2D eigenvalue weighted by Crippen LogP contribution is -2.34. The molecule has 0 aromatic heterocycles. The minimum absolute atomic E-state index is 0.363. The molecule has 1 fully saturated rings. The van der Waals surface area contributed by atoms with Crippen LogP contribution in [0.2, 0.25) is 0 Å². The van der Waals surface area contributed by atoms with Gasteiger partial charge in [0.1, 0.15) is 0 Å². The van der Waals surface area contributed by atoms with Gasteiger partial charge < -0.3 is 4.90 Å². The summed E-state index contributed by atoms with van der Waals surface area (Å²) in [4.78, 5) is 3.25. The molecular weight excluding hydrogens is 216 g/mol. The number of nitrogens with zero attached hydrogens (tertiary/aromatic N) is 1. The lowest BCUT2D eigenvalue weighted by molar-refractivity contribution is 0.327. The Morgan fingerprint density at radius 1 is 1.50 bits per heavy atom. The Balaban J connectivity index is 2.12. The third-order valence-corrected chi connectivity index (χ3v) is 3.32. The zero-order valence-corrected chi connectivity index (χ0v) is 10.7. The Labute approximate surface area is 103 Å². The molecule has 0 bridgehead atoms. The first kappa shape index (κ1) is 11.6. The van der Waals surface area contributed by atoms with Crippen molar-refractivity contribution in [1.29, 1.82) is 0 Å². The summed E-state index contributed by atoms with van der Waals surface area (Å²) in [7, 11) is 2.09. The molecule has 1 N–H and O–H groups in total. The number of hydrogen-bond acceptors (Lipinski definition) is 3. The fourth-order valence-corrected chi connectivity index (χ4v) is 2.48. The maximum absolute atomic E-state index is 4.41. The molecule has 1 aliphatic rings. The first-order valence-electron chi connectivity index (χ1n) is 5.50. The molecule has 1 aromatic rings. The number of nitrogens with one attached hydrogen (secondary N) is 1. The molecule has 2 rings (SSSR count). The van der Waals surface area contributed by atoms with E-state index in [9.17, 15) is 0 Å². The van der Waals surface area contributed by atoms with Crippen molar-refractivity contribution in [2.24, 2.45) is 0 Å². The zero-order valence-electron chi connectivity index (χ0n) is 9.83. The minimum Gasteiger partial charge on any atom is -0.361 e. The van der Waals surface area contributed by atoms with Crippen molar-refractivity contribution in [3.05, 3.63) is 41.6 Å². The number of rotatable bonds is 2. The molecule has 2 nitrogen and oxygen atoms in total. The van der Waals surface area contributed by atoms with Crippen LogP contribution in [-0.2, 0) is 6.42 Å². The molecule has 1 heterocycles. The second-order valence-corrected chi connectivity index (χ2v) is 4.97. The molecule has 1 aromatic carbocycles. The van der Waals surface area contributed by atoms with E-state index in [-0.39, 0.29) is 0 Å². The van der Waals surface area contributed by atoms with Crippen LogP contribution in [0.5, 0.6) is 0 Å². The number of thiol groups is 1. The number of benzene rings is 1. The normalized spacial score (nSPS) is 20.6. The highest BCUT2D eigenvalue weighted by Gasteiger charge is 2.22. The van der Waals surface area contributed by atoms with E-state index in [0.29, 0.717) is 6.17 Å². The van der Waals surface area contributed by atoms with Crippen LogP contribution in [0.1, 0.15) is 11.1 Å². The monoisotopic (exact) mass is 234 g/mol. The molecule has 0 saturated carbocycles. The molecule has 1 saturated heterocycles. The van der Waals surface area contributed by atoms with Crippen LogP contribution in [0.3, 0.4) is 0 Å². The lowest BCUT2D eigenvalue weighted by Gasteiger charge is -2.22. The number of likely N-dealkylation sites (N-methyl/N-ethyl adjacent to an activating group) is 1. The van der Waals surface area contributed by atoms with Gasteiger partial charge in [-0.15, -0.1) is 12.6 Å². The molecule has 3 heteroatoms. The van der Waals surface area contributed by atoms with Gasteiger partial charge in [0.25, 0.3) is 0 Å². The molecule has 0 spiro atoms. The lowest BCUT2D eigenvalue weighted by atomic mass is 10.1. The second-order valence-electron chi connectivity index (χ2n) is 4.45. The van der Waals surface area contributed by atoms with E-state index < -0.39 is 0 Å². The second kappa shape index (κ2) is 4.52. The first-order chi connectivity index (χ1) is 7.56. The van der Waals surface area contributed by atoms with Gasteiger partial charge in [-0.2, -0.15) is 0 Å². The highest BCUT2D eigenvalue weighted by molar-refractivity contribution is 7.80. The van der Waals surface area contributed by atoms with Crippen molar-refractivity contribution in [2.75, 3.05) is 13.6 Å². The maximum Gasteiger partial charge on any atom is 0.0833 e. The van der Waals surface area contributed by atoms with E-state index in [4.69, 9.17) is 0 Å². The van der Waals surface area contributed by atoms with Crippen LogP contribution in [0.4, 0.5) is 0 Å². The zero-order chi connectivity index (χ0) is 11.7. The molecule has 1 aliphatic heterocycles. The van der Waals surface area contributed by atoms with Crippen molar-refractivity contribution in [2.45, 2.75) is 24.4 Å². The fraction of sp³-hybridized carbons (Fsp3) is 0.385. The summed E-state index contributed by atoms with van der Waals surface area (Å²) in [6, 6.07) is 6.43. The summed E-state index contributed by atoms with van der Waals surface area (Å²) in [5.74, 6) is 0. The number of hydrogen-bond donors (Lipinski definition) is 2. The molecular formula is C13H18N2S. The molecule has 0 radical (unpaired) electrons. The molecule has 0 amide bonds. The Hall–Kier alpha value is -0.930. The van der Waals surface area contributed by atoms with E-state index in [2.05, 4.69) is 61.6 Å². The van der Waals surface area contributed by atoms with E-state index in [0.717, 1.165) is 23.6 Å². The topological polar surface area (TPSA) is 15.3 Å². The Morgan fingerprint density at radius 2 is 2.25 bits per heavy atom. The van der Waals surface area contributed by atoms with Gasteiger partial charge in [-0.05, 0) is 30.2 Å². The summed E-state index contributed by atoms with van der Waals surface area (Å²) in [5, 5.41) is 3.44. The average molecular weight is 234 g/mol. The Bertz CT molecular complexity index is 394. The molecule has 0 unspecified atom stereocenters. The van der Waals surface area contributed by atoms with Crippen LogP contribution in [0, 0.1) is 6.92 Å². The smallest absolute Gasteiger partial charge is 0.0833 e. The van der Waals surface area contributed by atoms with E-state index >= 15 is 0 Å². The van der Waals surface area contributed by atoms with Gasteiger partial charge in [0, 0.05) is 30.6 Å². The van der Waals surface area contributed by atoms with E-state index in [1.807, 2.05) is 0 Å². The predicted molar refractivity (Wildman–Crippen MR) is 70.8 cm³/mol. The van der Waals surface area contributed by atoms with Crippen molar-refractivity contribution < 1.29 is 0 Å².